The standard InChI is InChI=1S/C25H23ClFN5O3S2/c26-17-3-2-16-12-24(36-22(16)13-17)37(34,35)29-20-6-10-32(25(20)33)21-5-4-18(14-19(21)27)31-11-7-28-23(31)15-30-8-1-9-30/h2-5,7,11-14,20,29H,1,6,8-10,15H2. The van der Waals surface area contributed by atoms with E-state index < -0.39 is 27.8 Å². The van der Waals surface area contributed by atoms with Crippen molar-refractivity contribution in [3.05, 3.63) is 71.5 Å². The van der Waals surface area contributed by atoms with Crippen LogP contribution < -0.4 is 9.62 Å². The van der Waals surface area contributed by atoms with Crippen molar-refractivity contribution in [3.8, 4) is 5.69 Å². The normalized spacial score (nSPS) is 18.6. The number of thiophene rings is 1. The minimum atomic E-state index is -3.95. The van der Waals surface area contributed by atoms with E-state index in [1.54, 1.807) is 48.8 Å². The Bertz CT molecular complexity index is 1620. The van der Waals surface area contributed by atoms with Crippen LogP contribution in [-0.2, 0) is 21.4 Å². The van der Waals surface area contributed by atoms with Gasteiger partial charge in [-0.05, 0) is 61.6 Å². The summed E-state index contributed by atoms with van der Waals surface area (Å²) in [6.07, 6.45) is 4.88. The monoisotopic (exact) mass is 559 g/mol. The molecule has 0 spiro atoms. The number of halogens is 2. The second-order valence-electron chi connectivity index (χ2n) is 9.18. The van der Waals surface area contributed by atoms with Crippen LogP contribution in [0, 0.1) is 5.82 Å². The van der Waals surface area contributed by atoms with E-state index in [9.17, 15) is 13.2 Å². The number of aromatic nitrogens is 2. The molecule has 6 rings (SSSR count). The highest BCUT2D eigenvalue weighted by atomic mass is 35.5. The van der Waals surface area contributed by atoms with Gasteiger partial charge in [0, 0.05) is 40.4 Å². The highest BCUT2D eigenvalue weighted by Crippen LogP contribution is 2.32. The van der Waals surface area contributed by atoms with E-state index in [4.69, 9.17) is 11.6 Å². The summed E-state index contributed by atoms with van der Waals surface area (Å²) in [5, 5.41) is 1.27. The third-order valence-electron chi connectivity index (χ3n) is 6.76. The molecular weight excluding hydrogens is 537 g/mol. The average molecular weight is 560 g/mol. The molecule has 2 saturated heterocycles. The fraction of sp³-hybridized carbons (Fsp3) is 0.280. The van der Waals surface area contributed by atoms with Crippen molar-refractivity contribution in [1.82, 2.24) is 19.2 Å². The topological polar surface area (TPSA) is 87.5 Å². The Kier molecular flexibility index (Phi) is 6.28. The lowest BCUT2D eigenvalue weighted by atomic mass is 10.2. The first-order valence-corrected chi connectivity index (χ1v) is 14.5. The van der Waals surface area contributed by atoms with E-state index in [-0.39, 0.29) is 22.9 Å². The molecule has 4 heterocycles. The zero-order valence-electron chi connectivity index (χ0n) is 19.6. The van der Waals surface area contributed by atoms with Gasteiger partial charge in [-0.3, -0.25) is 9.69 Å². The van der Waals surface area contributed by atoms with Gasteiger partial charge < -0.3 is 9.47 Å². The molecule has 0 saturated carbocycles. The van der Waals surface area contributed by atoms with Crippen molar-refractivity contribution in [2.24, 2.45) is 0 Å². The average Bonchev–Trinajstić information content (AvgIpc) is 3.55. The Balaban J connectivity index is 1.19. The minimum Gasteiger partial charge on any atom is -0.308 e. The molecule has 1 unspecified atom stereocenters. The van der Waals surface area contributed by atoms with Crippen LogP contribution >= 0.6 is 22.9 Å². The van der Waals surface area contributed by atoms with Gasteiger partial charge in [0.1, 0.15) is 21.9 Å². The molecule has 2 aliphatic heterocycles. The van der Waals surface area contributed by atoms with Crippen LogP contribution in [0.25, 0.3) is 15.8 Å². The lowest BCUT2D eigenvalue weighted by molar-refractivity contribution is -0.118. The molecule has 37 heavy (non-hydrogen) atoms. The third-order valence-corrected chi connectivity index (χ3v) is 10.0. The van der Waals surface area contributed by atoms with Gasteiger partial charge >= 0.3 is 0 Å². The van der Waals surface area contributed by atoms with Crippen molar-refractivity contribution in [2.45, 2.75) is 29.6 Å². The smallest absolute Gasteiger partial charge is 0.250 e. The van der Waals surface area contributed by atoms with Crippen LogP contribution in [-0.4, -0.2) is 54.5 Å². The zero-order chi connectivity index (χ0) is 25.7. The van der Waals surface area contributed by atoms with Gasteiger partial charge in [0.2, 0.25) is 5.91 Å². The van der Waals surface area contributed by atoms with Gasteiger partial charge in [0.05, 0.1) is 12.2 Å². The molecule has 4 aromatic rings. The maximum Gasteiger partial charge on any atom is 0.250 e. The number of rotatable bonds is 7. The first-order valence-electron chi connectivity index (χ1n) is 11.9. The second-order valence-corrected chi connectivity index (χ2v) is 12.6. The molecule has 2 aromatic heterocycles. The summed E-state index contributed by atoms with van der Waals surface area (Å²) < 4.78 is 46.4. The lowest BCUT2D eigenvalue weighted by Gasteiger charge is -2.30. The zero-order valence-corrected chi connectivity index (χ0v) is 22.0. The molecule has 0 bridgehead atoms. The lowest BCUT2D eigenvalue weighted by Crippen LogP contribution is -2.41. The molecule has 2 fully saturated rings. The number of carbonyl (C=O) groups is 1. The predicted molar refractivity (Wildman–Crippen MR) is 141 cm³/mol. The SMILES string of the molecule is O=C1C(NS(=O)(=O)c2cc3ccc(Cl)cc3s2)CCN1c1ccc(-n2ccnc2CN2CCC2)cc1F. The Hall–Kier alpha value is -2.83. The molecule has 192 valence electrons. The number of likely N-dealkylation sites (tertiary alicyclic amines) is 1. The third kappa shape index (κ3) is 4.66. The van der Waals surface area contributed by atoms with E-state index in [1.807, 2.05) is 4.57 Å². The first kappa shape index (κ1) is 24.5. The van der Waals surface area contributed by atoms with Crippen LogP contribution in [0.4, 0.5) is 10.1 Å². The molecule has 2 aromatic carbocycles. The second kappa shape index (κ2) is 9.48. The van der Waals surface area contributed by atoms with Crippen molar-refractivity contribution in [2.75, 3.05) is 24.5 Å². The van der Waals surface area contributed by atoms with E-state index in [0.29, 0.717) is 17.3 Å². The molecule has 0 aliphatic carbocycles. The number of fused-ring (bicyclic) bond motifs is 1. The molecular formula is C25H23ClFN5O3S2. The summed E-state index contributed by atoms with van der Waals surface area (Å²) in [7, 11) is -3.95. The van der Waals surface area contributed by atoms with Gasteiger partial charge in [-0.2, -0.15) is 4.72 Å². The number of anilines is 1. The van der Waals surface area contributed by atoms with Crippen LogP contribution in [0.2, 0.25) is 5.02 Å². The first-order chi connectivity index (χ1) is 17.8. The summed E-state index contributed by atoms with van der Waals surface area (Å²) >= 11 is 7.10. The Morgan fingerprint density at radius 2 is 1.97 bits per heavy atom. The number of sulfonamides is 1. The quantitative estimate of drug-likeness (QED) is 0.367. The fourth-order valence-corrected chi connectivity index (χ4v) is 7.59. The number of amides is 1. The number of imidazole rings is 1. The van der Waals surface area contributed by atoms with Crippen molar-refractivity contribution < 1.29 is 17.6 Å². The maximum absolute atomic E-state index is 15.2. The minimum absolute atomic E-state index is 0.0981. The molecule has 1 atom stereocenters. The molecule has 1 N–H and O–H groups in total. The van der Waals surface area contributed by atoms with Crippen LogP contribution in [0.15, 0.2) is 59.1 Å². The number of nitrogens with zero attached hydrogens (tertiary/aromatic N) is 4. The van der Waals surface area contributed by atoms with Crippen molar-refractivity contribution in [1.29, 1.82) is 0 Å². The van der Waals surface area contributed by atoms with Gasteiger partial charge in [0.25, 0.3) is 10.0 Å². The van der Waals surface area contributed by atoms with E-state index in [0.717, 1.165) is 40.3 Å². The molecule has 1 amide bonds. The highest BCUT2D eigenvalue weighted by molar-refractivity contribution is 7.91. The summed E-state index contributed by atoms with van der Waals surface area (Å²) in [5.74, 6) is -0.220. The highest BCUT2D eigenvalue weighted by Gasteiger charge is 2.37. The molecule has 0 radical (unpaired) electrons. The van der Waals surface area contributed by atoms with E-state index in [1.165, 1.54) is 17.4 Å². The van der Waals surface area contributed by atoms with Crippen LogP contribution in [0.3, 0.4) is 0 Å². The Morgan fingerprint density at radius 3 is 2.73 bits per heavy atom. The van der Waals surface area contributed by atoms with Gasteiger partial charge in [0.15, 0.2) is 0 Å². The van der Waals surface area contributed by atoms with Crippen LogP contribution in [0.1, 0.15) is 18.7 Å². The molecule has 8 nitrogen and oxygen atoms in total. The van der Waals surface area contributed by atoms with Gasteiger partial charge in [-0.15, -0.1) is 11.3 Å². The fourth-order valence-electron chi connectivity index (χ4n) is 4.68. The Morgan fingerprint density at radius 1 is 1.14 bits per heavy atom. The van der Waals surface area contributed by atoms with Gasteiger partial charge in [-0.25, -0.2) is 17.8 Å². The number of nitrogens with one attached hydrogen (secondary N) is 1. The number of carbonyl (C=O) groups excluding carboxylic acids is 1. The van der Waals surface area contributed by atoms with E-state index in [2.05, 4.69) is 14.6 Å². The van der Waals surface area contributed by atoms with Crippen molar-refractivity contribution >= 4 is 54.6 Å². The molecule has 12 heteroatoms. The van der Waals surface area contributed by atoms with Crippen LogP contribution in [0.5, 0.6) is 0 Å². The number of hydrogen-bond donors (Lipinski definition) is 1. The molecule has 2 aliphatic rings. The predicted octanol–water partition coefficient (Wildman–Crippen LogP) is 4.17. The Labute approximate surface area is 222 Å². The van der Waals surface area contributed by atoms with Gasteiger partial charge in [-0.1, -0.05) is 17.7 Å². The summed E-state index contributed by atoms with van der Waals surface area (Å²) in [6, 6.07) is 10.4. The van der Waals surface area contributed by atoms with E-state index >= 15 is 4.39 Å². The summed E-state index contributed by atoms with van der Waals surface area (Å²) in [6.45, 7) is 2.95. The summed E-state index contributed by atoms with van der Waals surface area (Å²) in [4.78, 5) is 21.1. The summed E-state index contributed by atoms with van der Waals surface area (Å²) in [5.41, 5.74) is 0.736. The largest absolute Gasteiger partial charge is 0.308 e. The van der Waals surface area contributed by atoms with Crippen molar-refractivity contribution in [3.63, 3.8) is 0 Å². The number of hydrogen-bond acceptors (Lipinski definition) is 6. The maximum atomic E-state index is 15.2. The number of benzene rings is 2.